The zero-order valence-electron chi connectivity index (χ0n) is 24.9. The van der Waals surface area contributed by atoms with E-state index in [9.17, 15) is 9.59 Å². The van der Waals surface area contributed by atoms with E-state index in [4.69, 9.17) is 30.2 Å². The van der Waals surface area contributed by atoms with Crippen LogP contribution in [0.25, 0.3) is 0 Å². The minimum Gasteiger partial charge on any atom is -0.458 e. The molecule has 0 aliphatic carbocycles. The van der Waals surface area contributed by atoms with Crippen molar-refractivity contribution in [2.75, 3.05) is 25.1 Å². The van der Waals surface area contributed by atoms with Gasteiger partial charge in [-0.1, -0.05) is 44.5 Å². The summed E-state index contributed by atoms with van der Waals surface area (Å²) in [6.07, 6.45) is 3.36. The van der Waals surface area contributed by atoms with Crippen LogP contribution in [0.1, 0.15) is 41.0 Å². The van der Waals surface area contributed by atoms with Gasteiger partial charge in [0.1, 0.15) is 23.7 Å². The van der Waals surface area contributed by atoms with E-state index in [1.54, 1.807) is 41.2 Å². The molecule has 4 rings (SSSR count). The number of rotatable bonds is 11. The maximum Gasteiger partial charge on any atom is 0.251 e. The number of carbonyl (C=O) groups excluding carboxylic acids is 2. The van der Waals surface area contributed by atoms with Crippen molar-refractivity contribution in [1.82, 2.24) is 14.7 Å². The molecule has 1 aromatic heterocycles. The van der Waals surface area contributed by atoms with Gasteiger partial charge in [0, 0.05) is 24.9 Å². The SMILES string of the molecule is CC1(C)OCC(Cn2ccc(NC(=O)C(CCO[Si](C)(C)C(C)(C)C)N3CC(Oc4ccccc4Cl)=CC3=O)n2)O1. The first-order chi connectivity index (χ1) is 19.1. The van der Waals surface area contributed by atoms with E-state index in [0.29, 0.717) is 48.5 Å². The molecule has 224 valence electrons. The second kappa shape index (κ2) is 12.3. The number of benzene rings is 1. The monoisotopic (exact) mass is 604 g/mol. The van der Waals surface area contributed by atoms with Crippen LogP contribution in [0, 0.1) is 0 Å². The fourth-order valence-corrected chi connectivity index (χ4v) is 5.61. The molecular formula is C29H41ClN4O6Si. The Kier molecular flexibility index (Phi) is 9.34. The first-order valence-corrected chi connectivity index (χ1v) is 17.2. The van der Waals surface area contributed by atoms with Crippen LogP contribution in [0.4, 0.5) is 5.82 Å². The lowest BCUT2D eigenvalue weighted by molar-refractivity contribution is -0.139. The molecule has 2 aliphatic rings. The molecule has 2 atom stereocenters. The van der Waals surface area contributed by atoms with Gasteiger partial charge in [0.15, 0.2) is 19.9 Å². The number of hydrogen-bond donors (Lipinski definition) is 1. The van der Waals surface area contributed by atoms with Crippen LogP contribution in [0.2, 0.25) is 23.2 Å². The average molecular weight is 605 g/mol. The van der Waals surface area contributed by atoms with Crippen LogP contribution < -0.4 is 10.1 Å². The van der Waals surface area contributed by atoms with Gasteiger partial charge in [0.05, 0.1) is 24.7 Å². The Morgan fingerprint density at radius 1 is 1.27 bits per heavy atom. The smallest absolute Gasteiger partial charge is 0.251 e. The van der Waals surface area contributed by atoms with E-state index in [2.05, 4.69) is 44.3 Å². The largest absolute Gasteiger partial charge is 0.458 e. The van der Waals surface area contributed by atoms with E-state index in [1.165, 1.54) is 11.0 Å². The Morgan fingerprint density at radius 2 is 2.00 bits per heavy atom. The first kappa shape index (κ1) is 31.2. The molecule has 0 spiro atoms. The standard InChI is InChI=1S/C29H41ClN4O6Si/c1-28(2,3)41(6,7)38-15-13-23(34-18-20(16-26(34)35)39-24-11-9-8-10-22(24)30)27(36)31-25-12-14-33(32-25)17-21-19-37-29(4,5)40-21/h8-12,14,16,21,23H,13,15,17-19H2,1-7H3,(H,31,32,36). The summed E-state index contributed by atoms with van der Waals surface area (Å²) < 4.78 is 25.5. The molecule has 2 amide bonds. The molecule has 2 unspecified atom stereocenters. The third kappa shape index (κ3) is 7.98. The highest BCUT2D eigenvalue weighted by Gasteiger charge is 2.39. The number of aromatic nitrogens is 2. The summed E-state index contributed by atoms with van der Waals surface area (Å²) in [5, 5.41) is 7.83. The number of ether oxygens (including phenoxy) is 3. The molecule has 1 saturated heterocycles. The van der Waals surface area contributed by atoms with Crippen molar-refractivity contribution in [2.45, 2.75) is 83.6 Å². The number of para-hydroxylation sites is 1. The zero-order chi connectivity index (χ0) is 30.0. The summed E-state index contributed by atoms with van der Waals surface area (Å²) in [7, 11) is -2.06. The second-order valence-corrected chi connectivity index (χ2v) is 17.6. The molecule has 10 nitrogen and oxygen atoms in total. The third-order valence-corrected chi connectivity index (χ3v) is 12.5. The van der Waals surface area contributed by atoms with Gasteiger partial charge < -0.3 is 28.9 Å². The van der Waals surface area contributed by atoms with Crippen LogP contribution in [0.5, 0.6) is 5.75 Å². The predicted molar refractivity (Wildman–Crippen MR) is 159 cm³/mol. The number of hydrogen-bond acceptors (Lipinski definition) is 7. The highest BCUT2D eigenvalue weighted by Crippen LogP contribution is 2.37. The Labute approximate surface area is 248 Å². The second-order valence-electron chi connectivity index (χ2n) is 12.4. The molecule has 1 fully saturated rings. The summed E-state index contributed by atoms with van der Waals surface area (Å²) in [5.41, 5.74) is 0. The molecule has 1 N–H and O–H groups in total. The number of anilines is 1. The van der Waals surface area contributed by atoms with Crippen molar-refractivity contribution >= 4 is 37.6 Å². The maximum absolute atomic E-state index is 13.6. The van der Waals surface area contributed by atoms with Gasteiger partial charge in [0.2, 0.25) is 5.91 Å². The quantitative estimate of drug-likeness (QED) is 0.351. The maximum atomic E-state index is 13.6. The highest BCUT2D eigenvalue weighted by molar-refractivity contribution is 6.74. The van der Waals surface area contributed by atoms with Gasteiger partial charge in [-0.15, -0.1) is 0 Å². The Bertz CT molecular complexity index is 1290. The lowest BCUT2D eigenvalue weighted by Gasteiger charge is -2.37. The topological polar surface area (TPSA) is 104 Å². The van der Waals surface area contributed by atoms with Crippen LogP contribution in [-0.2, 0) is 30.0 Å². The Morgan fingerprint density at radius 3 is 2.66 bits per heavy atom. The van der Waals surface area contributed by atoms with Crippen molar-refractivity contribution in [3.8, 4) is 5.75 Å². The zero-order valence-corrected chi connectivity index (χ0v) is 26.7. The molecular weight excluding hydrogens is 564 g/mol. The van der Waals surface area contributed by atoms with E-state index in [0.717, 1.165) is 0 Å². The van der Waals surface area contributed by atoms with Gasteiger partial charge in [0.25, 0.3) is 5.91 Å². The van der Waals surface area contributed by atoms with Gasteiger partial charge in [-0.05, 0) is 50.5 Å². The molecule has 41 heavy (non-hydrogen) atoms. The predicted octanol–water partition coefficient (Wildman–Crippen LogP) is 5.21. The number of carbonyl (C=O) groups is 2. The highest BCUT2D eigenvalue weighted by atomic mass is 35.5. The molecule has 1 aromatic carbocycles. The molecule has 0 radical (unpaired) electrons. The van der Waals surface area contributed by atoms with Crippen molar-refractivity contribution in [3.05, 3.63) is 53.4 Å². The summed E-state index contributed by atoms with van der Waals surface area (Å²) in [5.74, 6) is -0.0440. The normalized spacial score (nSPS) is 19.8. The summed E-state index contributed by atoms with van der Waals surface area (Å²) in [6, 6.07) is 7.97. The van der Waals surface area contributed by atoms with E-state index < -0.39 is 20.1 Å². The van der Waals surface area contributed by atoms with Gasteiger partial charge in [-0.3, -0.25) is 14.3 Å². The fraction of sp³-hybridized carbons (Fsp3) is 0.552. The van der Waals surface area contributed by atoms with E-state index in [1.807, 2.05) is 13.8 Å². The van der Waals surface area contributed by atoms with E-state index >= 15 is 0 Å². The van der Waals surface area contributed by atoms with Gasteiger partial charge in [-0.2, -0.15) is 5.10 Å². The lowest BCUT2D eigenvalue weighted by Crippen LogP contribution is -2.47. The number of nitrogens with one attached hydrogen (secondary N) is 1. The average Bonchev–Trinajstić information content (AvgIpc) is 3.56. The number of nitrogens with zero attached hydrogens (tertiary/aromatic N) is 3. The van der Waals surface area contributed by atoms with Crippen molar-refractivity contribution in [2.24, 2.45) is 0 Å². The van der Waals surface area contributed by atoms with Crippen LogP contribution in [0.15, 0.2) is 48.4 Å². The number of amides is 2. The van der Waals surface area contributed by atoms with Crippen LogP contribution >= 0.6 is 11.6 Å². The molecule has 12 heteroatoms. The van der Waals surface area contributed by atoms with Crippen molar-refractivity contribution in [1.29, 1.82) is 0 Å². The Hall–Kier alpha value is -2.70. The Balaban J connectivity index is 1.44. The van der Waals surface area contributed by atoms with Crippen molar-refractivity contribution < 1.29 is 28.2 Å². The molecule has 2 aliphatic heterocycles. The lowest BCUT2D eigenvalue weighted by atomic mass is 10.1. The fourth-order valence-electron chi connectivity index (χ4n) is 4.38. The molecule has 3 heterocycles. The summed E-state index contributed by atoms with van der Waals surface area (Å²) >= 11 is 6.24. The summed E-state index contributed by atoms with van der Waals surface area (Å²) in [6.45, 7) is 16.0. The third-order valence-electron chi connectivity index (χ3n) is 7.66. The first-order valence-electron chi connectivity index (χ1n) is 13.9. The molecule has 0 saturated carbocycles. The van der Waals surface area contributed by atoms with E-state index in [-0.39, 0.29) is 29.5 Å². The number of halogens is 1. The summed E-state index contributed by atoms with van der Waals surface area (Å²) in [4.78, 5) is 28.2. The minimum atomic E-state index is -2.06. The van der Waals surface area contributed by atoms with Crippen molar-refractivity contribution in [3.63, 3.8) is 0 Å². The van der Waals surface area contributed by atoms with Crippen LogP contribution in [0.3, 0.4) is 0 Å². The van der Waals surface area contributed by atoms with Gasteiger partial charge >= 0.3 is 0 Å². The minimum absolute atomic E-state index is 0.0157. The molecule has 2 aromatic rings. The van der Waals surface area contributed by atoms with Crippen LogP contribution in [-0.4, -0.2) is 72.5 Å². The van der Waals surface area contributed by atoms with Gasteiger partial charge in [-0.25, -0.2) is 0 Å². The molecule has 0 bridgehead atoms.